The molecule has 0 unspecified atom stereocenters. The number of piperazine rings is 1. The molecule has 3 rings (SSSR count). The summed E-state index contributed by atoms with van der Waals surface area (Å²) >= 11 is 0. The third-order valence-corrected chi connectivity index (χ3v) is 6.12. The molecular weight excluding hydrogens is 368 g/mol. The summed E-state index contributed by atoms with van der Waals surface area (Å²) in [5.41, 5.74) is 0.841. The van der Waals surface area contributed by atoms with E-state index in [-0.39, 0.29) is 11.6 Å². The van der Waals surface area contributed by atoms with Crippen molar-refractivity contribution in [3.8, 4) is 11.5 Å². The number of methoxy groups -OCH3 is 2. The molecule has 0 N–H and O–H groups in total. The quantitative estimate of drug-likeness (QED) is 0.672. The first-order chi connectivity index (χ1) is 14.0. The van der Waals surface area contributed by atoms with E-state index in [4.69, 9.17) is 9.47 Å². The highest BCUT2D eigenvalue weighted by Gasteiger charge is 2.36. The fourth-order valence-corrected chi connectivity index (χ4v) is 3.91. The molecule has 0 bridgehead atoms. The van der Waals surface area contributed by atoms with Gasteiger partial charge in [0.1, 0.15) is 6.04 Å². The molecule has 160 valence electrons. The number of para-hydroxylation sites is 1. The van der Waals surface area contributed by atoms with Crippen LogP contribution in [0.15, 0.2) is 18.2 Å². The molecule has 1 fully saturated rings. The molecule has 8 nitrogen and oxygen atoms in total. The van der Waals surface area contributed by atoms with Crippen molar-refractivity contribution in [2.45, 2.75) is 45.7 Å². The second-order valence-corrected chi connectivity index (χ2v) is 8.07. The van der Waals surface area contributed by atoms with Crippen molar-refractivity contribution in [1.82, 2.24) is 30.0 Å². The van der Waals surface area contributed by atoms with E-state index in [1.165, 1.54) is 0 Å². The Labute approximate surface area is 173 Å². The maximum absolute atomic E-state index is 5.79. The van der Waals surface area contributed by atoms with Crippen molar-refractivity contribution in [3.63, 3.8) is 0 Å². The van der Waals surface area contributed by atoms with Gasteiger partial charge in [-0.3, -0.25) is 4.90 Å². The van der Waals surface area contributed by atoms with E-state index in [0.717, 1.165) is 62.0 Å². The zero-order valence-corrected chi connectivity index (χ0v) is 18.6. The first kappa shape index (κ1) is 21.5. The summed E-state index contributed by atoms with van der Waals surface area (Å²) in [6.45, 7) is 13.7. The summed E-state index contributed by atoms with van der Waals surface area (Å²) in [5.74, 6) is 2.30. The monoisotopic (exact) mass is 402 g/mol. The van der Waals surface area contributed by atoms with Crippen LogP contribution in [0.2, 0.25) is 0 Å². The highest BCUT2D eigenvalue weighted by molar-refractivity contribution is 5.49. The molecule has 1 atom stereocenters. The molecule has 0 saturated carbocycles. The van der Waals surface area contributed by atoms with Gasteiger partial charge in [-0.25, -0.2) is 4.68 Å². The van der Waals surface area contributed by atoms with Crippen molar-refractivity contribution in [3.05, 3.63) is 29.6 Å². The van der Waals surface area contributed by atoms with Gasteiger partial charge in [0, 0.05) is 31.7 Å². The Balaban J connectivity index is 2.12. The topological polar surface area (TPSA) is 68.5 Å². The Morgan fingerprint density at radius 1 is 1.07 bits per heavy atom. The Morgan fingerprint density at radius 3 is 2.38 bits per heavy atom. The second kappa shape index (κ2) is 9.09. The van der Waals surface area contributed by atoms with E-state index in [1.807, 2.05) is 16.8 Å². The average molecular weight is 403 g/mol. The Hall–Kier alpha value is -2.19. The van der Waals surface area contributed by atoms with Crippen LogP contribution in [-0.4, -0.2) is 77.0 Å². The molecule has 0 aliphatic carbocycles. The summed E-state index contributed by atoms with van der Waals surface area (Å²) in [6.07, 6.45) is 0.927. The molecule has 1 aliphatic heterocycles. The lowest BCUT2D eigenvalue weighted by Crippen LogP contribution is -2.48. The molecule has 1 aromatic heterocycles. The van der Waals surface area contributed by atoms with E-state index < -0.39 is 0 Å². The molecule has 2 heterocycles. The number of tetrazole rings is 1. The number of likely N-dealkylation sites (N-methyl/N-ethyl adjacent to an activating group) is 1. The van der Waals surface area contributed by atoms with Gasteiger partial charge in [0.2, 0.25) is 0 Å². The zero-order chi connectivity index (χ0) is 21.0. The van der Waals surface area contributed by atoms with E-state index >= 15 is 0 Å². The van der Waals surface area contributed by atoms with Crippen molar-refractivity contribution in [1.29, 1.82) is 0 Å². The molecule has 2 aromatic rings. The number of rotatable bonds is 8. The van der Waals surface area contributed by atoms with Crippen LogP contribution in [-0.2, 0) is 5.54 Å². The first-order valence-electron chi connectivity index (χ1n) is 10.4. The summed E-state index contributed by atoms with van der Waals surface area (Å²) in [6, 6.07) is 5.91. The number of benzene rings is 1. The molecule has 0 amide bonds. The van der Waals surface area contributed by atoms with Crippen LogP contribution in [0.5, 0.6) is 11.5 Å². The van der Waals surface area contributed by atoms with Gasteiger partial charge in [0.15, 0.2) is 17.3 Å². The molecule has 1 aliphatic rings. The third kappa shape index (κ3) is 4.23. The third-order valence-electron chi connectivity index (χ3n) is 6.12. The zero-order valence-electron chi connectivity index (χ0n) is 18.6. The molecular formula is C21H34N6O2. The van der Waals surface area contributed by atoms with E-state index in [0.29, 0.717) is 0 Å². The number of hydrogen-bond acceptors (Lipinski definition) is 7. The van der Waals surface area contributed by atoms with Crippen molar-refractivity contribution in [2.24, 2.45) is 0 Å². The van der Waals surface area contributed by atoms with Gasteiger partial charge in [0.05, 0.1) is 19.8 Å². The minimum absolute atomic E-state index is 0.111. The highest BCUT2D eigenvalue weighted by Crippen LogP contribution is 2.40. The first-order valence-corrected chi connectivity index (χ1v) is 10.4. The fraction of sp³-hybridized carbons (Fsp3) is 0.667. The number of hydrogen-bond donors (Lipinski definition) is 0. The Bertz CT molecular complexity index is 798. The molecule has 8 heteroatoms. The van der Waals surface area contributed by atoms with Crippen molar-refractivity contribution >= 4 is 0 Å². The summed E-state index contributed by atoms with van der Waals surface area (Å²) in [4.78, 5) is 4.92. The van der Waals surface area contributed by atoms with Crippen LogP contribution in [0, 0.1) is 0 Å². The number of nitrogens with zero attached hydrogens (tertiary/aromatic N) is 6. The lowest BCUT2D eigenvalue weighted by atomic mass is 9.98. The van der Waals surface area contributed by atoms with Crippen molar-refractivity contribution < 1.29 is 9.47 Å². The second-order valence-electron chi connectivity index (χ2n) is 8.07. The normalized spacial score (nSPS) is 17.3. The van der Waals surface area contributed by atoms with Gasteiger partial charge in [-0.2, -0.15) is 0 Å². The van der Waals surface area contributed by atoms with Crippen LogP contribution in [0.3, 0.4) is 0 Å². The maximum Gasteiger partial charge on any atom is 0.173 e. The maximum atomic E-state index is 5.79. The average Bonchev–Trinajstić information content (AvgIpc) is 3.24. The SMILES string of the molecule is CCN1CCN([C@@H](c2cccc(OC)c2OC)c2nnnn2C(C)(C)CC)CC1. The Kier molecular flexibility index (Phi) is 6.74. The summed E-state index contributed by atoms with van der Waals surface area (Å²) < 4.78 is 13.3. The van der Waals surface area contributed by atoms with Gasteiger partial charge in [-0.1, -0.05) is 26.0 Å². The molecule has 29 heavy (non-hydrogen) atoms. The van der Waals surface area contributed by atoms with Crippen LogP contribution < -0.4 is 9.47 Å². The van der Waals surface area contributed by atoms with Crippen LogP contribution in [0.4, 0.5) is 0 Å². The van der Waals surface area contributed by atoms with Crippen molar-refractivity contribution in [2.75, 3.05) is 46.9 Å². The number of ether oxygens (including phenoxy) is 2. The minimum Gasteiger partial charge on any atom is -0.493 e. The standard InChI is InChI=1S/C21H34N6O2/c1-7-21(3,4)27-20(22-23-24-27)18(26-14-12-25(8-2)13-15-26)16-10-9-11-17(28-5)19(16)29-6/h9-11,18H,7-8,12-15H2,1-6H3/t18-/m0/s1. The molecule has 1 saturated heterocycles. The summed E-state index contributed by atoms with van der Waals surface area (Å²) in [5, 5.41) is 12.9. The smallest absolute Gasteiger partial charge is 0.173 e. The molecule has 1 aromatic carbocycles. The largest absolute Gasteiger partial charge is 0.493 e. The van der Waals surface area contributed by atoms with E-state index in [2.05, 4.69) is 59.1 Å². The van der Waals surface area contributed by atoms with Gasteiger partial charge in [-0.05, 0) is 43.3 Å². The van der Waals surface area contributed by atoms with Gasteiger partial charge >= 0.3 is 0 Å². The summed E-state index contributed by atoms with van der Waals surface area (Å²) in [7, 11) is 3.35. The van der Waals surface area contributed by atoms with E-state index in [1.54, 1.807) is 14.2 Å². The van der Waals surface area contributed by atoms with Crippen LogP contribution >= 0.6 is 0 Å². The number of aromatic nitrogens is 4. The lowest BCUT2D eigenvalue weighted by Gasteiger charge is -2.39. The molecule has 0 spiro atoms. The predicted octanol–water partition coefficient (Wildman–Crippen LogP) is 2.56. The van der Waals surface area contributed by atoms with Crippen LogP contribution in [0.25, 0.3) is 0 Å². The minimum atomic E-state index is -0.186. The van der Waals surface area contributed by atoms with Gasteiger partial charge in [0.25, 0.3) is 0 Å². The predicted molar refractivity (Wildman–Crippen MR) is 113 cm³/mol. The van der Waals surface area contributed by atoms with E-state index in [9.17, 15) is 0 Å². The van der Waals surface area contributed by atoms with Gasteiger partial charge in [-0.15, -0.1) is 5.10 Å². The molecule has 0 radical (unpaired) electrons. The highest BCUT2D eigenvalue weighted by atomic mass is 16.5. The lowest BCUT2D eigenvalue weighted by molar-refractivity contribution is 0.104. The Morgan fingerprint density at radius 2 is 1.79 bits per heavy atom. The fourth-order valence-electron chi connectivity index (χ4n) is 3.91. The van der Waals surface area contributed by atoms with Crippen LogP contribution in [0.1, 0.15) is 51.5 Å². The van der Waals surface area contributed by atoms with Gasteiger partial charge < -0.3 is 14.4 Å².